The summed E-state index contributed by atoms with van der Waals surface area (Å²) in [6.07, 6.45) is 2.19. The third-order valence-corrected chi connectivity index (χ3v) is 1.33. The molecule has 4 nitrogen and oxygen atoms in total. The molecule has 0 saturated heterocycles. The topological polar surface area (TPSA) is 63.6 Å². The number of hydrogen-bond donors (Lipinski definition) is 1. The van der Waals surface area contributed by atoms with E-state index in [4.69, 9.17) is 5.11 Å². The van der Waals surface area contributed by atoms with Gasteiger partial charge in [0.05, 0.1) is 18.3 Å². The number of carbonyl (C=O) groups excluding carboxylic acids is 1. The maximum absolute atomic E-state index is 11.0. The predicted molar refractivity (Wildman–Crippen MR) is 47.1 cm³/mol. The molecule has 70 valence electrons. The molecule has 0 fully saturated rings. The van der Waals surface area contributed by atoms with Crippen LogP contribution in [0.5, 0.6) is 0 Å². The molecule has 13 heavy (non-hydrogen) atoms. The second kappa shape index (κ2) is 4.92. The van der Waals surface area contributed by atoms with Gasteiger partial charge in [-0.3, -0.25) is 0 Å². The molecule has 0 atom stereocenters. The van der Waals surface area contributed by atoms with E-state index >= 15 is 0 Å². The van der Waals surface area contributed by atoms with Crippen LogP contribution < -0.4 is 0 Å². The molecule has 0 rings (SSSR count). The lowest BCUT2D eigenvalue weighted by molar-refractivity contribution is -0.137. The number of methoxy groups -OCH3 is 1. The Bertz CT molecular complexity index is 286. The number of carboxylic acids is 1. The van der Waals surface area contributed by atoms with Gasteiger partial charge < -0.3 is 9.84 Å². The summed E-state index contributed by atoms with van der Waals surface area (Å²) >= 11 is 0. The summed E-state index contributed by atoms with van der Waals surface area (Å²) < 4.78 is 4.36. The molecule has 0 heterocycles. The van der Waals surface area contributed by atoms with Crippen molar-refractivity contribution in [3.05, 3.63) is 36.5 Å². The van der Waals surface area contributed by atoms with Crippen LogP contribution in [-0.2, 0) is 14.3 Å². The minimum Gasteiger partial charge on any atom is -0.478 e. The van der Waals surface area contributed by atoms with E-state index in [-0.39, 0.29) is 11.1 Å². The molecule has 0 saturated carbocycles. The summed E-state index contributed by atoms with van der Waals surface area (Å²) in [7, 11) is 1.16. The quantitative estimate of drug-likeness (QED) is 0.399. The molecule has 0 spiro atoms. The predicted octanol–water partition coefficient (Wildman–Crippen LogP) is 0.913. The Hall–Kier alpha value is -1.84. The Balaban J connectivity index is 5.29. The largest absolute Gasteiger partial charge is 0.478 e. The van der Waals surface area contributed by atoms with E-state index in [9.17, 15) is 9.59 Å². The molecule has 0 bridgehead atoms. The molecule has 0 unspecified atom stereocenters. The van der Waals surface area contributed by atoms with Crippen molar-refractivity contribution in [2.45, 2.75) is 0 Å². The number of hydrogen-bond acceptors (Lipinski definition) is 3. The van der Waals surface area contributed by atoms with E-state index in [0.29, 0.717) is 0 Å². The molecular formula is C9H10O4. The molecule has 1 N–H and O–H groups in total. The fourth-order valence-corrected chi connectivity index (χ4v) is 0.726. The van der Waals surface area contributed by atoms with Crippen molar-refractivity contribution < 1.29 is 19.4 Å². The highest BCUT2D eigenvalue weighted by molar-refractivity contribution is 6.03. The number of rotatable bonds is 4. The van der Waals surface area contributed by atoms with Crippen LogP contribution >= 0.6 is 0 Å². The van der Waals surface area contributed by atoms with Crippen LogP contribution in [0.1, 0.15) is 0 Å². The summed E-state index contributed by atoms with van der Waals surface area (Å²) in [6.45, 7) is 6.59. The maximum atomic E-state index is 11.0. The lowest BCUT2D eigenvalue weighted by Gasteiger charge is -2.02. The average molecular weight is 182 g/mol. The molecule has 0 aromatic heterocycles. The lowest BCUT2D eigenvalue weighted by Crippen LogP contribution is -2.10. The Labute approximate surface area is 75.8 Å². The summed E-state index contributed by atoms with van der Waals surface area (Å²) in [5.74, 6) is -1.98. The molecule has 0 radical (unpaired) electrons. The van der Waals surface area contributed by atoms with Gasteiger partial charge in [0.2, 0.25) is 0 Å². The van der Waals surface area contributed by atoms with Gasteiger partial charge >= 0.3 is 11.9 Å². The van der Waals surface area contributed by atoms with Crippen molar-refractivity contribution in [1.29, 1.82) is 0 Å². The number of esters is 1. The Morgan fingerprint density at radius 1 is 1.23 bits per heavy atom. The minimum absolute atomic E-state index is 0.106. The second-order valence-corrected chi connectivity index (χ2v) is 2.03. The van der Waals surface area contributed by atoms with Crippen LogP contribution in [0.25, 0.3) is 0 Å². The fourth-order valence-electron chi connectivity index (χ4n) is 0.726. The first-order valence-corrected chi connectivity index (χ1v) is 3.39. The third-order valence-electron chi connectivity index (χ3n) is 1.33. The zero-order valence-electron chi connectivity index (χ0n) is 7.24. The molecule has 0 aromatic carbocycles. The van der Waals surface area contributed by atoms with Crippen molar-refractivity contribution in [2.75, 3.05) is 7.11 Å². The molecule has 4 heteroatoms. The smallest absolute Gasteiger partial charge is 0.338 e. The standard InChI is InChI=1S/C9H10O4/c1-4-6(8(10)11)7(5-2)9(12)13-3/h4-5H,1-2H2,3H3,(H,10,11)/b7-6-. The molecule has 0 aliphatic carbocycles. The van der Waals surface area contributed by atoms with Gasteiger partial charge in [-0.05, 0) is 0 Å². The highest BCUT2D eigenvalue weighted by Crippen LogP contribution is 2.09. The lowest BCUT2D eigenvalue weighted by atomic mass is 10.1. The Morgan fingerprint density at radius 3 is 1.92 bits per heavy atom. The van der Waals surface area contributed by atoms with Gasteiger partial charge in [0.15, 0.2) is 0 Å². The van der Waals surface area contributed by atoms with E-state index in [2.05, 4.69) is 17.9 Å². The van der Waals surface area contributed by atoms with Crippen LogP contribution in [0.3, 0.4) is 0 Å². The Kier molecular flexibility index (Phi) is 4.23. The molecule has 0 amide bonds. The fraction of sp³-hybridized carbons (Fsp3) is 0.111. The van der Waals surface area contributed by atoms with Crippen molar-refractivity contribution >= 4 is 11.9 Å². The summed E-state index contributed by atoms with van der Waals surface area (Å²) in [4.78, 5) is 21.6. The van der Waals surface area contributed by atoms with E-state index in [1.807, 2.05) is 0 Å². The van der Waals surface area contributed by atoms with Gasteiger partial charge in [0.25, 0.3) is 0 Å². The number of aliphatic carboxylic acids is 1. The van der Waals surface area contributed by atoms with Crippen LogP contribution in [0.2, 0.25) is 0 Å². The highest BCUT2D eigenvalue weighted by Gasteiger charge is 2.15. The van der Waals surface area contributed by atoms with Gasteiger partial charge in [-0.1, -0.05) is 25.3 Å². The first kappa shape index (κ1) is 11.2. The Morgan fingerprint density at radius 2 is 1.69 bits per heavy atom. The normalized spacial score (nSPS) is 11.2. The number of ether oxygens (including phenoxy) is 1. The van der Waals surface area contributed by atoms with Crippen molar-refractivity contribution in [3.8, 4) is 0 Å². The van der Waals surface area contributed by atoms with Crippen LogP contribution in [0.15, 0.2) is 36.5 Å². The zero-order chi connectivity index (χ0) is 10.4. The molecule has 0 aromatic rings. The van der Waals surface area contributed by atoms with E-state index in [1.54, 1.807) is 0 Å². The average Bonchev–Trinajstić information content (AvgIpc) is 2.12. The summed E-state index contributed by atoms with van der Waals surface area (Å²) in [6, 6.07) is 0. The minimum atomic E-state index is -1.24. The van der Waals surface area contributed by atoms with Crippen molar-refractivity contribution in [3.63, 3.8) is 0 Å². The zero-order valence-corrected chi connectivity index (χ0v) is 7.24. The van der Waals surface area contributed by atoms with Gasteiger partial charge in [-0.25, -0.2) is 9.59 Å². The number of carboxylic acid groups (broad SMARTS) is 1. The van der Waals surface area contributed by atoms with E-state index < -0.39 is 11.9 Å². The van der Waals surface area contributed by atoms with E-state index in [0.717, 1.165) is 19.3 Å². The van der Waals surface area contributed by atoms with Crippen LogP contribution in [0, 0.1) is 0 Å². The van der Waals surface area contributed by atoms with Gasteiger partial charge in [-0.15, -0.1) is 0 Å². The molecule has 0 aliphatic rings. The van der Waals surface area contributed by atoms with Crippen molar-refractivity contribution in [1.82, 2.24) is 0 Å². The molecule has 0 aliphatic heterocycles. The van der Waals surface area contributed by atoms with E-state index in [1.165, 1.54) is 0 Å². The summed E-state index contributed by atoms with van der Waals surface area (Å²) in [5.41, 5.74) is -0.327. The third kappa shape index (κ3) is 2.59. The van der Waals surface area contributed by atoms with Crippen LogP contribution in [0.4, 0.5) is 0 Å². The van der Waals surface area contributed by atoms with Gasteiger partial charge in [0, 0.05) is 0 Å². The SMILES string of the molecule is C=C/C(C(=O)O)=C(\C=C)C(=O)OC. The van der Waals surface area contributed by atoms with Crippen LogP contribution in [-0.4, -0.2) is 24.2 Å². The van der Waals surface area contributed by atoms with Crippen molar-refractivity contribution in [2.24, 2.45) is 0 Å². The maximum Gasteiger partial charge on any atom is 0.338 e. The second-order valence-electron chi connectivity index (χ2n) is 2.03. The highest BCUT2D eigenvalue weighted by atomic mass is 16.5. The van der Waals surface area contributed by atoms with Gasteiger partial charge in [0.1, 0.15) is 0 Å². The molecular weight excluding hydrogens is 172 g/mol. The first-order chi connectivity index (χ1) is 6.08. The number of carbonyl (C=O) groups is 2. The summed E-state index contributed by atoms with van der Waals surface area (Å²) in [5, 5.41) is 8.63. The monoisotopic (exact) mass is 182 g/mol. The first-order valence-electron chi connectivity index (χ1n) is 3.39. The van der Waals surface area contributed by atoms with Gasteiger partial charge in [-0.2, -0.15) is 0 Å².